The van der Waals surface area contributed by atoms with Gasteiger partial charge in [-0.05, 0) is 48.4 Å². The van der Waals surface area contributed by atoms with Crippen LogP contribution in [0.1, 0.15) is 35.3 Å². The lowest BCUT2D eigenvalue weighted by Crippen LogP contribution is -2.24. The van der Waals surface area contributed by atoms with Crippen LogP contribution in [0.5, 0.6) is 5.75 Å². The molecule has 0 aromatic heterocycles. The number of rotatable bonds is 1. The zero-order valence-corrected chi connectivity index (χ0v) is 11.8. The summed E-state index contributed by atoms with van der Waals surface area (Å²) in [5.41, 5.74) is 8.68. The summed E-state index contributed by atoms with van der Waals surface area (Å²) >= 11 is 5.98. The molecule has 3 rings (SSSR count). The number of hydrogen-bond acceptors (Lipinski definition) is 2. The minimum atomic E-state index is -0.207. The topological polar surface area (TPSA) is 35.2 Å². The van der Waals surface area contributed by atoms with Crippen LogP contribution in [0.4, 0.5) is 4.39 Å². The number of fused-ring (bicyclic) bond motifs is 1. The van der Waals surface area contributed by atoms with Gasteiger partial charge in [0.1, 0.15) is 17.7 Å². The molecule has 0 bridgehead atoms. The van der Waals surface area contributed by atoms with E-state index < -0.39 is 0 Å². The summed E-state index contributed by atoms with van der Waals surface area (Å²) < 4.78 is 19.3. The molecule has 0 aliphatic carbocycles. The van der Waals surface area contributed by atoms with Gasteiger partial charge in [0.2, 0.25) is 0 Å². The van der Waals surface area contributed by atoms with Crippen molar-refractivity contribution in [3.8, 4) is 5.75 Å². The predicted octanol–water partition coefficient (Wildman–Crippen LogP) is 4.31. The highest BCUT2D eigenvalue weighted by Crippen LogP contribution is 2.40. The average molecular weight is 292 g/mol. The van der Waals surface area contributed by atoms with Crippen molar-refractivity contribution in [1.29, 1.82) is 0 Å². The number of benzene rings is 2. The van der Waals surface area contributed by atoms with Crippen LogP contribution in [0, 0.1) is 12.7 Å². The SMILES string of the molecule is Cc1cc(C2C[C@@H](N)c3cc(Cl)ccc3O2)ccc1F. The van der Waals surface area contributed by atoms with Gasteiger partial charge < -0.3 is 10.5 Å². The Hall–Kier alpha value is -1.58. The molecular weight excluding hydrogens is 277 g/mol. The molecule has 1 heterocycles. The second-order valence-electron chi connectivity index (χ2n) is 5.14. The average Bonchev–Trinajstić information content (AvgIpc) is 2.42. The molecule has 2 atom stereocenters. The number of hydrogen-bond donors (Lipinski definition) is 1. The van der Waals surface area contributed by atoms with Crippen molar-refractivity contribution < 1.29 is 9.13 Å². The molecule has 0 saturated heterocycles. The minimum absolute atomic E-state index is 0.132. The summed E-state index contributed by atoms with van der Waals surface area (Å²) in [5.74, 6) is 0.543. The van der Waals surface area contributed by atoms with Crippen LogP contribution in [0.2, 0.25) is 5.02 Å². The highest BCUT2D eigenvalue weighted by atomic mass is 35.5. The Morgan fingerprint density at radius 1 is 1.25 bits per heavy atom. The van der Waals surface area contributed by atoms with E-state index in [1.807, 2.05) is 18.2 Å². The summed E-state index contributed by atoms with van der Waals surface area (Å²) in [4.78, 5) is 0. The van der Waals surface area contributed by atoms with Gasteiger partial charge in [-0.25, -0.2) is 4.39 Å². The smallest absolute Gasteiger partial charge is 0.126 e. The number of aryl methyl sites for hydroxylation is 1. The first-order valence-corrected chi connectivity index (χ1v) is 6.90. The second kappa shape index (κ2) is 5.08. The van der Waals surface area contributed by atoms with E-state index in [1.165, 1.54) is 6.07 Å². The normalized spacial score (nSPS) is 21.2. The molecule has 0 saturated carbocycles. The first-order valence-electron chi connectivity index (χ1n) is 6.52. The predicted molar refractivity (Wildman–Crippen MR) is 77.5 cm³/mol. The zero-order chi connectivity index (χ0) is 14.3. The molecule has 4 heteroatoms. The Bertz CT molecular complexity index is 659. The summed E-state index contributed by atoms with van der Waals surface area (Å²) in [6, 6.07) is 10.4. The molecule has 0 radical (unpaired) electrons. The molecule has 2 nitrogen and oxygen atoms in total. The summed E-state index contributed by atoms with van der Waals surface area (Å²) in [7, 11) is 0. The van der Waals surface area contributed by atoms with Gasteiger partial charge in [-0.3, -0.25) is 0 Å². The largest absolute Gasteiger partial charge is 0.485 e. The van der Waals surface area contributed by atoms with E-state index >= 15 is 0 Å². The van der Waals surface area contributed by atoms with Gasteiger partial charge in [-0.1, -0.05) is 17.7 Å². The highest BCUT2D eigenvalue weighted by Gasteiger charge is 2.27. The maximum absolute atomic E-state index is 13.3. The van der Waals surface area contributed by atoms with Crippen LogP contribution < -0.4 is 10.5 Å². The third-order valence-corrected chi connectivity index (χ3v) is 3.90. The van der Waals surface area contributed by atoms with Crippen molar-refractivity contribution in [1.82, 2.24) is 0 Å². The molecule has 1 aliphatic rings. The number of ether oxygens (including phenoxy) is 1. The van der Waals surface area contributed by atoms with E-state index in [2.05, 4.69) is 0 Å². The summed E-state index contributed by atoms with van der Waals surface area (Å²) in [5, 5.41) is 0.652. The molecule has 0 amide bonds. The molecule has 104 valence electrons. The molecule has 2 N–H and O–H groups in total. The summed E-state index contributed by atoms with van der Waals surface area (Å²) in [6.45, 7) is 1.75. The van der Waals surface area contributed by atoms with Crippen LogP contribution in [0.3, 0.4) is 0 Å². The van der Waals surface area contributed by atoms with E-state index in [9.17, 15) is 4.39 Å². The standard InChI is InChI=1S/C16H15ClFNO/c1-9-6-10(2-4-13(9)18)16-8-14(19)12-7-11(17)3-5-15(12)20-16/h2-7,14,16H,8,19H2,1H3/t14-,16?/m1/s1. The number of nitrogens with two attached hydrogens (primary N) is 1. The van der Waals surface area contributed by atoms with E-state index in [1.54, 1.807) is 19.1 Å². The fraction of sp³-hybridized carbons (Fsp3) is 0.250. The monoisotopic (exact) mass is 291 g/mol. The Morgan fingerprint density at radius 2 is 2.05 bits per heavy atom. The van der Waals surface area contributed by atoms with Gasteiger partial charge in [-0.15, -0.1) is 0 Å². The Morgan fingerprint density at radius 3 is 2.80 bits per heavy atom. The Balaban J connectivity index is 1.94. The minimum Gasteiger partial charge on any atom is -0.485 e. The van der Waals surface area contributed by atoms with Gasteiger partial charge in [0.05, 0.1) is 0 Å². The zero-order valence-electron chi connectivity index (χ0n) is 11.1. The fourth-order valence-electron chi connectivity index (χ4n) is 2.55. The maximum atomic E-state index is 13.3. The molecular formula is C16H15ClFNO. The quantitative estimate of drug-likeness (QED) is 0.849. The lowest BCUT2D eigenvalue weighted by Gasteiger charge is -2.30. The second-order valence-corrected chi connectivity index (χ2v) is 5.58. The van der Waals surface area contributed by atoms with Gasteiger partial charge >= 0.3 is 0 Å². The van der Waals surface area contributed by atoms with E-state index in [4.69, 9.17) is 22.1 Å². The molecule has 1 aliphatic heterocycles. The van der Waals surface area contributed by atoms with Crippen molar-refractivity contribution in [2.45, 2.75) is 25.5 Å². The van der Waals surface area contributed by atoms with Crippen LogP contribution in [-0.2, 0) is 0 Å². The van der Waals surface area contributed by atoms with Crippen LogP contribution in [-0.4, -0.2) is 0 Å². The number of halogens is 2. The van der Waals surface area contributed by atoms with E-state index in [0.717, 1.165) is 16.9 Å². The van der Waals surface area contributed by atoms with Crippen molar-refractivity contribution in [2.24, 2.45) is 5.73 Å². The lowest BCUT2D eigenvalue weighted by molar-refractivity contribution is 0.161. The van der Waals surface area contributed by atoms with Gasteiger partial charge in [0.15, 0.2) is 0 Å². The Kier molecular flexibility index (Phi) is 3.40. The molecule has 1 unspecified atom stereocenters. The van der Waals surface area contributed by atoms with Crippen molar-refractivity contribution >= 4 is 11.6 Å². The first kappa shape index (κ1) is 13.4. The Labute approximate surface area is 122 Å². The van der Waals surface area contributed by atoms with Crippen LogP contribution >= 0.6 is 11.6 Å². The van der Waals surface area contributed by atoms with Crippen molar-refractivity contribution in [3.63, 3.8) is 0 Å². The van der Waals surface area contributed by atoms with Crippen molar-refractivity contribution in [3.05, 3.63) is 63.9 Å². The van der Waals surface area contributed by atoms with Crippen LogP contribution in [0.15, 0.2) is 36.4 Å². The molecule has 0 fully saturated rings. The van der Waals surface area contributed by atoms with Gasteiger partial charge in [0, 0.05) is 23.0 Å². The third kappa shape index (κ3) is 2.39. The maximum Gasteiger partial charge on any atom is 0.126 e. The molecule has 0 spiro atoms. The van der Waals surface area contributed by atoms with Crippen LogP contribution in [0.25, 0.3) is 0 Å². The van der Waals surface area contributed by atoms with Gasteiger partial charge in [0.25, 0.3) is 0 Å². The van der Waals surface area contributed by atoms with Gasteiger partial charge in [-0.2, -0.15) is 0 Å². The highest BCUT2D eigenvalue weighted by molar-refractivity contribution is 6.30. The van der Waals surface area contributed by atoms with E-state index in [0.29, 0.717) is 17.0 Å². The summed E-state index contributed by atoms with van der Waals surface area (Å²) in [6.07, 6.45) is 0.497. The molecule has 2 aromatic rings. The molecule has 2 aromatic carbocycles. The first-order chi connectivity index (χ1) is 9.54. The van der Waals surface area contributed by atoms with E-state index in [-0.39, 0.29) is 18.0 Å². The van der Waals surface area contributed by atoms with Crippen molar-refractivity contribution in [2.75, 3.05) is 0 Å². The lowest BCUT2D eigenvalue weighted by atomic mass is 9.93. The fourth-order valence-corrected chi connectivity index (χ4v) is 2.73. The molecule has 20 heavy (non-hydrogen) atoms. The third-order valence-electron chi connectivity index (χ3n) is 3.66.